The Hall–Kier alpha value is -1.94. The van der Waals surface area contributed by atoms with Crippen LogP contribution < -0.4 is 14.8 Å². The summed E-state index contributed by atoms with van der Waals surface area (Å²) in [5.41, 5.74) is 2.38. The maximum absolute atomic E-state index is 5.34. The fourth-order valence-corrected chi connectivity index (χ4v) is 1.87. The Kier molecular flexibility index (Phi) is 2.71. The molecular formula is C13H14N2O2. The molecule has 1 aliphatic heterocycles. The second kappa shape index (κ2) is 4.51. The highest BCUT2D eigenvalue weighted by Gasteiger charge is 2.12. The number of hydrogen-bond donors (Lipinski definition) is 2. The van der Waals surface area contributed by atoms with Gasteiger partial charge >= 0.3 is 0 Å². The zero-order valence-corrected chi connectivity index (χ0v) is 9.40. The van der Waals surface area contributed by atoms with Gasteiger partial charge in [-0.2, -0.15) is 0 Å². The zero-order chi connectivity index (χ0) is 11.5. The number of aromatic amines is 1. The van der Waals surface area contributed by atoms with Gasteiger partial charge in [-0.05, 0) is 29.8 Å². The SMILES string of the molecule is c1c[nH]c(CNCc2ccc3c(c2)OCO3)c1. The van der Waals surface area contributed by atoms with Gasteiger partial charge in [0.05, 0.1) is 0 Å². The standard InChI is InChI=1S/C13H14N2O2/c1-2-11(15-5-1)8-14-7-10-3-4-12-13(6-10)17-9-16-12/h1-6,14-15H,7-9H2. The number of benzene rings is 1. The third kappa shape index (κ3) is 2.26. The molecule has 0 saturated carbocycles. The molecule has 88 valence electrons. The number of fused-ring (bicyclic) bond motifs is 1. The predicted molar refractivity (Wildman–Crippen MR) is 63.9 cm³/mol. The minimum atomic E-state index is 0.328. The Balaban J connectivity index is 1.58. The second-order valence-corrected chi connectivity index (χ2v) is 3.99. The summed E-state index contributed by atoms with van der Waals surface area (Å²) in [6.07, 6.45) is 1.93. The van der Waals surface area contributed by atoms with Gasteiger partial charge in [0.1, 0.15) is 0 Å². The first kappa shape index (κ1) is 10.2. The van der Waals surface area contributed by atoms with Crippen molar-refractivity contribution in [3.63, 3.8) is 0 Å². The van der Waals surface area contributed by atoms with E-state index in [-0.39, 0.29) is 0 Å². The summed E-state index contributed by atoms with van der Waals surface area (Å²) in [4.78, 5) is 3.16. The van der Waals surface area contributed by atoms with Crippen molar-refractivity contribution >= 4 is 0 Å². The minimum absolute atomic E-state index is 0.328. The monoisotopic (exact) mass is 230 g/mol. The molecule has 2 N–H and O–H groups in total. The van der Waals surface area contributed by atoms with Gasteiger partial charge < -0.3 is 19.8 Å². The molecular weight excluding hydrogens is 216 g/mol. The first-order chi connectivity index (χ1) is 8.42. The molecule has 0 aliphatic carbocycles. The Labute approximate surface area is 99.6 Å². The van der Waals surface area contributed by atoms with Crippen molar-refractivity contribution in [2.24, 2.45) is 0 Å². The van der Waals surface area contributed by atoms with Gasteiger partial charge in [-0.15, -0.1) is 0 Å². The highest BCUT2D eigenvalue weighted by Crippen LogP contribution is 2.32. The maximum Gasteiger partial charge on any atom is 0.231 e. The Morgan fingerprint density at radius 3 is 2.94 bits per heavy atom. The van der Waals surface area contributed by atoms with Crippen LogP contribution in [0.3, 0.4) is 0 Å². The molecule has 0 bridgehead atoms. The first-order valence-electron chi connectivity index (χ1n) is 5.63. The summed E-state index contributed by atoms with van der Waals surface area (Å²) in [6.45, 7) is 1.98. The van der Waals surface area contributed by atoms with E-state index < -0.39 is 0 Å². The molecule has 0 saturated heterocycles. The number of ether oxygens (including phenoxy) is 2. The summed E-state index contributed by atoms with van der Waals surface area (Å²) in [6, 6.07) is 10.1. The summed E-state index contributed by atoms with van der Waals surface area (Å²) in [5.74, 6) is 1.67. The Morgan fingerprint density at radius 1 is 1.12 bits per heavy atom. The topological polar surface area (TPSA) is 46.3 Å². The van der Waals surface area contributed by atoms with Crippen LogP contribution in [-0.4, -0.2) is 11.8 Å². The van der Waals surface area contributed by atoms with Crippen LogP contribution in [0.1, 0.15) is 11.3 Å². The number of rotatable bonds is 4. The van der Waals surface area contributed by atoms with Gasteiger partial charge in [0.2, 0.25) is 6.79 Å². The molecule has 4 nitrogen and oxygen atoms in total. The van der Waals surface area contributed by atoms with Gasteiger partial charge in [-0.25, -0.2) is 0 Å². The van der Waals surface area contributed by atoms with E-state index in [2.05, 4.69) is 22.4 Å². The fourth-order valence-electron chi connectivity index (χ4n) is 1.87. The zero-order valence-electron chi connectivity index (χ0n) is 9.40. The molecule has 0 radical (unpaired) electrons. The lowest BCUT2D eigenvalue weighted by Crippen LogP contribution is -2.12. The number of nitrogens with one attached hydrogen (secondary N) is 2. The van der Waals surface area contributed by atoms with Crippen LogP contribution in [-0.2, 0) is 13.1 Å². The van der Waals surface area contributed by atoms with Crippen molar-refractivity contribution in [1.29, 1.82) is 0 Å². The lowest BCUT2D eigenvalue weighted by atomic mass is 10.2. The van der Waals surface area contributed by atoms with Gasteiger partial charge in [-0.3, -0.25) is 0 Å². The van der Waals surface area contributed by atoms with E-state index >= 15 is 0 Å². The van der Waals surface area contributed by atoms with E-state index in [0.29, 0.717) is 6.79 Å². The van der Waals surface area contributed by atoms with Crippen molar-refractivity contribution in [1.82, 2.24) is 10.3 Å². The van der Waals surface area contributed by atoms with Crippen LogP contribution in [0.2, 0.25) is 0 Å². The third-order valence-electron chi connectivity index (χ3n) is 2.74. The minimum Gasteiger partial charge on any atom is -0.454 e. The molecule has 0 spiro atoms. The average molecular weight is 230 g/mol. The highest BCUT2D eigenvalue weighted by atomic mass is 16.7. The summed E-state index contributed by atoms with van der Waals surface area (Å²) < 4.78 is 10.6. The molecule has 1 aliphatic rings. The van der Waals surface area contributed by atoms with Gasteiger partial charge in [-0.1, -0.05) is 6.07 Å². The van der Waals surface area contributed by atoms with E-state index in [1.165, 1.54) is 11.3 Å². The number of H-pyrrole nitrogens is 1. The third-order valence-corrected chi connectivity index (χ3v) is 2.74. The van der Waals surface area contributed by atoms with Crippen molar-refractivity contribution in [3.8, 4) is 11.5 Å². The molecule has 1 aromatic carbocycles. The van der Waals surface area contributed by atoms with Crippen LogP contribution in [0, 0.1) is 0 Å². The molecule has 0 amide bonds. The van der Waals surface area contributed by atoms with Crippen LogP contribution in [0.4, 0.5) is 0 Å². The van der Waals surface area contributed by atoms with E-state index in [9.17, 15) is 0 Å². The predicted octanol–water partition coefficient (Wildman–Crippen LogP) is 2.03. The molecule has 2 aromatic rings. The van der Waals surface area contributed by atoms with Crippen molar-refractivity contribution in [2.45, 2.75) is 13.1 Å². The smallest absolute Gasteiger partial charge is 0.231 e. The summed E-state index contributed by atoms with van der Waals surface area (Å²) in [7, 11) is 0. The lowest BCUT2D eigenvalue weighted by molar-refractivity contribution is 0.174. The largest absolute Gasteiger partial charge is 0.454 e. The van der Waals surface area contributed by atoms with Gasteiger partial charge in [0.15, 0.2) is 11.5 Å². The molecule has 3 rings (SSSR count). The average Bonchev–Trinajstić information content (AvgIpc) is 2.98. The molecule has 0 atom stereocenters. The molecule has 0 unspecified atom stereocenters. The number of hydrogen-bond acceptors (Lipinski definition) is 3. The molecule has 0 fully saturated rings. The highest BCUT2D eigenvalue weighted by molar-refractivity contribution is 5.44. The van der Waals surface area contributed by atoms with Crippen molar-refractivity contribution in [2.75, 3.05) is 6.79 Å². The Bertz CT molecular complexity index is 494. The second-order valence-electron chi connectivity index (χ2n) is 3.99. The van der Waals surface area contributed by atoms with Crippen molar-refractivity contribution in [3.05, 3.63) is 47.8 Å². The molecule has 17 heavy (non-hydrogen) atoms. The molecule has 4 heteroatoms. The van der Waals surface area contributed by atoms with Crippen molar-refractivity contribution < 1.29 is 9.47 Å². The van der Waals surface area contributed by atoms with E-state index in [4.69, 9.17) is 9.47 Å². The molecule has 2 heterocycles. The fraction of sp³-hybridized carbons (Fsp3) is 0.231. The normalized spacial score (nSPS) is 12.9. The van der Waals surface area contributed by atoms with Gasteiger partial charge in [0, 0.05) is 25.0 Å². The van der Waals surface area contributed by atoms with Crippen LogP contribution >= 0.6 is 0 Å². The number of aromatic nitrogens is 1. The maximum atomic E-state index is 5.34. The first-order valence-corrected chi connectivity index (χ1v) is 5.63. The summed E-state index contributed by atoms with van der Waals surface area (Å²) >= 11 is 0. The van der Waals surface area contributed by atoms with E-state index in [1.54, 1.807) is 0 Å². The molecule has 1 aromatic heterocycles. The van der Waals surface area contributed by atoms with Crippen LogP contribution in [0.15, 0.2) is 36.5 Å². The summed E-state index contributed by atoms with van der Waals surface area (Å²) in [5, 5.41) is 3.37. The lowest BCUT2D eigenvalue weighted by Gasteiger charge is -2.04. The van der Waals surface area contributed by atoms with E-state index in [1.807, 2.05) is 24.4 Å². The van der Waals surface area contributed by atoms with E-state index in [0.717, 1.165) is 24.6 Å². The Morgan fingerprint density at radius 2 is 2.06 bits per heavy atom. The van der Waals surface area contributed by atoms with Crippen LogP contribution in [0.5, 0.6) is 11.5 Å². The van der Waals surface area contributed by atoms with Gasteiger partial charge in [0.25, 0.3) is 0 Å². The quantitative estimate of drug-likeness (QED) is 0.844. The van der Waals surface area contributed by atoms with Crippen LogP contribution in [0.25, 0.3) is 0 Å².